The smallest absolute Gasteiger partial charge is 0.111 e. The summed E-state index contributed by atoms with van der Waals surface area (Å²) in [7, 11) is 1.71. The molecule has 1 fully saturated rings. The molecular weight excluding hydrogens is 366 g/mol. The van der Waals surface area contributed by atoms with Gasteiger partial charge in [-0.3, -0.25) is 14.8 Å². The van der Waals surface area contributed by atoms with Crippen LogP contribution in [0.2, 0.25) is 0 Å². The third kappa shape index (κ3) is 2.87. The first-order valence-corrected chi connectivity index (χ1v) is 9.44. The van der Waals surface area contributed by atoms with Gasteiger partial charge in [-0.25, -0.2) is 4.98 Å². The molecule has 1 aliphatic rings. The standard InChI is InChI=1S/C21H19N7O/c1-29-15-10-21(11-15,5-6-22)28-8-4-17(27-28)20-16-3-2-7-23-19(16)9-18(26-20)14-12-24-25-13-14/h2-4,7-9,12-13,15H,5,10-11H2,1H3,(H,24,25). The van der Waals surface area contributed by atoms with Gasteiger partial charge in [-0.15, -0.1) is 0 Å². The first-order valence-electron chi connectivity index (χ1n) is 9.44. The third-order valence-corrected chi connectivity index (χ3v) is 5.67. The number of H-pyrrole nitrogens is 1. The lowest BCUT2D eigenvalue weighted by atomic mass is 9.72. The second-order valence-corrected chi connectivity index (χ2v) is 7.38. The lowest BCUT2D eigenvalue weighted by Crippen LogP contribution is -2.50. The molecule has 0 aromatic carbocycles. The molecule has 4 aromatic rings. The molecule has 0 bridgehead atoms. The molecule has 0 amide bonds. The van der Waals surface area contributed by atoms with Gasteiger partial charge in [0.2, 0.25) is 0 Å². The summed E-state index contributed by atoms with van der Waals surface area (Å²) in [4.78, 5) is 9.37. The molecule has 0 radical (unpaired) electrons. The highest BCUT2D eigenvalue weighted by molar-refractivity contribution is 5.93. The number of pyridine rings is 2. The molecule has 8 heteroatoms. The lowest BCUT2D eigenvalue weighted by molar-refractivity contribution is -0.0541. The molecule has 0 unspecified atom stereocenters. The van der Waals surface area contributed by atoms with Gasteiger partial charge in [0.15, 0.2) is 0 Å². The number of ether oxygens (including phenoxy) is 1. The molecule has 4 aromatic heterocycles. The largest absolute Gasteiger partial charge is 0.381 e. The van der Waals surface area contributed by atoms with Crippen LogP contribution in [-0.4, -0.2) is 43.2 Å². The monoisotopic (exact) mass is 385 g/mol. The lowest BCUT2D eigenvalue weighted by Gasteiger charge is -2.45. The number of aromatic amines is 1. The minimum atomic E-state index is -0.316. The van der Waals surface area contributed by atoms with E-state index in [1.165, 1.54) is 0 Å². The molecule has 1 N–H and O–H groups in total. The zero-order chi connectivity index (χ0) is 19.8. The van der Waals surface area contributed by atoms with Gasteiger partial charge in [0, 0.05) is 36.7 Å². The van der Waals surface area contributed by atoms with Gasteiger partial charge in [0.05, 0.1) is 41.5 Å². The minimum Gasteiger partial charge on any atom is -0.381 e. The van der Waals surface area contributed by atoms with Crippen molar-refractivity contribution in [2.45, 2.75) is 30.9 Å². The van der Waals surface area contributed by atoms with Gasteiger partial charge in [0.1, 0.15) is 11.4 Å². The second-order valence-electron chi connectivity index (χ2n) is 7.38. The summed E-state index contributed by atoms with van der Waals surface area (Å²) in [6, 6.07) is 10.1. The van der Waals surface area contributed by atoms with Crippen molar-refractivity contribution >= 4 is 10.9 Å². The molecule has 0 spiro atoms. The predicted molar refractivity (Wildman–Crippen MR) is 107 cm³/mol. The van der Waals surface area contributed by atoms with E-state index < -0.39 is 0 Å². The van der Waals surface area contributed by atoms with Gasteiger partial charge in [-0.2, -0.15) is 15.5 Å². The summed E-state index contributed by atoms with van der Waals surface area (Å²) in [5.74, 6) is 0. The number of methoxy groups -OCH3 is 1. The third-order valence-electron chi connectivity index (χ3n) is 5.67. The average Bonchev–Trinajstić information content (AvgIpc) is 3.42. The molecule has 0 saturated heterocycles. The zero-order valence-electron chi connectivity index (χ0n) is 15.9. The zero-order valence-corrected chi connectivity index (χ0v) is 15.9. The molecule has 29 heavy (non-hydrogen) atoms. The highest BCUT2D eigenvalue weighted by atomic mass is 16.5. The number of hydrogen-bond acceptors (Lipinski definition) is 6. The van der Waals surface area contributed by atoms with E-state index in [1.807, 2.05) is 35.1 Å². The summed E-state index contributed by atoms with van der Waals surface area (Å²) in [6.45, 7) is 0. The highest BCUT2D eigenvalue weighted by Crippen LogP contribution is 2.43. The Morgan fingerprint density at radius 3 is 3.00 bits per heavy atom. The van der Waals surface area contributed by atoms with Crippen molar-refractivity contribution in [3.05, 3.63) is 49.1 Å². The number of nitrogens with zero attached hydrogens (tertiary/aromatic N) is 6. The van der Waals surface area contributed by atoms with E-state index in [0.717, 1.165) is 46.4 Å². The Hall–Kier alpha value is -3.57. The highest BCUT2D eigenvalue weighted by Gasteiger charge is 2.46. The molecule has 1 saturated carbocycles. The van der Waals surface area contributed by atoms with Crippen LogP contribution >= 0.6 is 0 Å². The van der Waals surface area contributed by atoms with Crippen LogP contribution in [0.25, 0.3) is 33.5 Å². The number of aromatic nitrogens is 6. The Kier molecular flexibility index (Phi) is 4.11. The van der Waals surface area contributed by atoms with Crippen molar-refractivity contribution < 1.29 is 4.74 Å². The first-order chi connectivity index (χ1) is 14.2. The molecule has 1 aliphatic carbocycles. The fourth-order valence-corrected chi connectivity index (χ4v) is 4.04. The summed E-state index contributed by atoms with van der Waals surface area (Å²) in [5, 5.41) is 21.9. The summed E-state index contributed by atoms with van der Waals surface area (Å²) >= 11 is 0. The van der Waals surface area contributed by atoms with E-state index in [1.54, 1.807) is 25.7 Å². The summed E-state index contributed by atoms with van der Waals surface area (Å²) < 4.78 is 7.35. The van der Waals surface area contributed by atoms with Gasteiger partial charge in [0.25, 0.3) is 0 Å². The maximum Gasteiger partial charge on any atom is 0.111 e. The molecular formula is C21H19N7O. The van der Waals surface area contributed by atoms with Gasteiger partial charge < -0.3 is 4.74 Å². The number of fused-ring (bicyclic) bond motifs is 1. The van der Waals surface area contributed by atoms with Gasteiger partial charge in [-0.1, -0.05) is 0 Å². The minimum absolute atomic E-state index is 0.170. The average molecular weight is 385 g/mol. The van der Waals surface area contributed by atoms with Crippen molar-refractivity contribution in [2.24, 2.45) is 0 Å². The number of hydrogen-bond donors (Lipinski definition) is 1. The van der Waals surface area contributed by atoms with Crippen LogP contribution in [0.5, 0.6) is 0 Å². The quantitative estimate of drug-likeness (QED) is 0.565. The number of nitriles is 1. The Labute approximate surface area is 167 Å². The van der Waals surface area contributed by atoms with E-state index in [-0.39, 0.29) is 11.6 Å². The second kappa shape index (κ2) is 6.79. The van der Waals surface area contributed by atoms with Crippen LogP contribution in [0.3, 0.4) is 0 Å². The van der Waals surface area contributed by atoms with Crippen molar-refractivity contribution in [1.29, 1.82) is 5.26 Å². The fourth-order valence-electron chi connectivity index (χ4n) is 4.04. The molecule has 8 nitrogen and oxygen atoms in total. The first kappa shape index (κ1) is 17.5. The normalized spacial score (nSPS) is 21.0. The summed E-state index contributed by atoms with van der Waals surface area (Å²) in [5.41, 5.74) is 3.72. The topological polar surface area (TPSA) is 105 Å². The van der Waals surface area contributed by atoms with Crippen LogP contribution in [-0.2, 0) is 10.3 Å². The van der Waals surface area contributed by atoms with Crippen LogP contribution in [0.1, 0.15) is 19.3 Å². The van der Waals surface area contributed by atoms with Crippen LogP contribution < -0.4 is 0 Å². The molecule has 5 rings (SSSR count). The van der Waals surface area contributed by atoms with E-state index in [9.17, 15) is 5.26 Å². The number of rotatable bonds is 5. The Bertz CT molecular complexity index is 1200. The van der Waals surface area contributed by atoms with Crippen molar-refractivity contribution in [2.75, 3.05) is 7.11 Å². The Balaban J connectivity index is 1.61. The maximum absolute atomic E-state index is 9.33. The van der Waals surface area contributed by atoms with Crippen LogP contribution in [0.4, 0.5) is 0 Å². The summed E-state index contributed by atoms with van der Waals surface area (Å²) in [6.07, 6.45) is 9.38. The van der Waals surface area contributed by atoms with Crippen molar-refractivity contribution in [3.63, 3.8) is 0 Å². The van der Waals surface area contributed by atoms with Gasteiger partial charge >= 0.3 is 0 Å². The van der Waals surface area contributed by atoms with E-state index in [0.29, 0.717) is 6.42 Å². The molecule has 144 valence electrons. The van der Waals surface area contributed by atoms with Crippen molar-refractivity contribution in [3.8, 4) is 28.7 Å². The molecule has 0 atom stereocenters. The molecule has 4 heterocycles. The maximum atomic E-state index is 9.33. The number of nitrogens with one attached hydrogen (secondary N) is 1. The predicted octanol–water partition coefficient (Wildman–Crippen LogP) is 3.30. The van der Waals surface area contributed by atoms with Crippen LogP contribution in [0.15, 0.2) is 49.1 Å². The van der Waals surface area contributed by atoms with Gasteiger partial charge in [-0.05, 0) is 37.1 Å². The Morgan fingerprint density at radius 1 is 1.34 bits per heavy atom. The van der Waals surface area contributed by atoms with E-state index >= 15 is 0 Å². The molecule has 0 aliphatic heterocycles. The van der Waals surface area contributed by atoms with Crippen LogP contribution in [0, 0.1) is 11.3 Å². The Morgan fingerprint density at radius 2 is 2.24 bits per heavy atom. The SMILES string of the molecule is COC1CC(CC#N)(n2ccc(-c3nc(-c4cn[nH]c4)cc4ncccc34)n2)C1. The van der Waals surface area contributed by atoms with E-state index in [2.05, 4.69) is 21.3 Å². The van der Waals surface area contributed by atoms with E-state index in [4.69, 9.17) is 14.8 Å². The van der Waals surface area contributed by atoms with Crippen molar-refractivity contribution in [1.82, 2.24) is 29.9 Å². The fraction of sp³-hybridized carbons (Fsp3) is 0.286.